The summed E-state index contributed by atoms with van der Waals surface area (Å²) in [5, 5.41) is 5.95. The monoisotopic (exact) mass is 318 g/mol. The van der Waals surface area contributed by atoms with Crippen molar-refractivity contribution in [2.45, 2.75) is 10.4 Å². The number of halogens is 3. The third kappa shape index (κ3) is 4.42. The van der Waals surface area contributed by atoms with Crippen LogP contribution in [0.25, 0.3) is 0 Å². The molecule has 0 saturated heterocycles. The summed E-state index contributed by atoms with van der Waals surface area (Å²) in [5.41, 5.74) is 4.08. The maximum atomic E-state index is 12.4. The normalized spacial score (nSPS) is 11.9. The second-order valence-electron chi connectivity index (χ2n) is 3.53. The molecule has 0 aliphatic heterocycles. The Morgan fingerprint density at radius 3 is 2.75 bits per heavy atom. The van der Waals surface area contributed by atoms with E-state index in [1.165, 1.54) is 23.6 Å². The number of nitrogens with zero attached hydrogens (tertiary/aromatic N) is 2. The number of thiazole rings is 1. The van der Waals surface area contributed by atoms with E-state index < -0.39 is 5.51 Å². The number of hydrazone groups is 1. The molecule has 0 bridgehead atoms. The van der Waals surface area contributed by atoms with E-state index in [4.69, 9.17) is 5.73 Å². The summed E-state index contributed by atoms with van der Waals surface area (Å²) in [6.07, 6.45) is 1.31. The van der Waals surface area contributed by atoms with E-state index in [9.17, 15) is 13.2 Å². The van der Waals surface area contributed by atoms with Crippen LogP contribution in [0, 0.1) is 0 Å². The fourth-order valence-electron chi connectivity index (χ4n) is 1.30. The first-order chi connectivity index (χ1) is 9.44. The quantitative estimate of drug-likeness (QED) is 0.511. The predicted molar refractivity (Wildman–Crippen MR) is 76.1 cm³/mol. The molecule has 0 atom stereocenters. The zero-order chi connectivity index (χ0) is 14.6. The van der Waals surface area contributed by atoms with Crippen molar-refractivity contribution in [3.8, 4) is 0 Å². The lowest BCUT2D eigenvalue weighted by atomic mass is 10.2. The van der Waals surface area contributed by atoms with Crippen LogP contribution in [0.15, 0.2) is 39.6 Å². The van der Waals surface area contributed by atoms with E-state index in [0.29, 0.717) is 16.5 Å². The number of benzene rings is 1. The second kappa shape index (κ2) is 6.14. The first kappa shape index (κ1) is 14.7. The van der Waals surface area contributed by atoms with E-state index in [-0.39, 0.29) is 16.7 Å². The van der Waals surface area contributed by atoms with Gasteiger partial charge in [-0.05, 0) is 17.8 Å². The molecule has 4 nitrogen and oxygen atoms in total. The largest absolute Gasteiger partial charge is 0.446 e. The Morgan fingerprint density at radius 1 is 1.35 bits per heavy atom. The van der Waals surface area contributed by atoms with E-state index in [0.717, 1.165) is 0 Å². The van der Waals surface area contributed by atoms with Gasteiger partial charge in [-0.1, -0.05) is 18.2 Å². The molecule has 0 saturated carbocycles. The molecular weight excluding hydrogens is 309 g/mol. The highest BCUT2D eigenvalue weighted by Crippen LogP contribution is 2.37. The third-order valence-corrected chi connectivity index (χ3v) is 3.62. The second-order valence-corrected chi connectivity index (χ2v) is 5.50. The lowest BCUT2D eigenvalue weighted by Gasteiger charge is -2.07. The standard InChI is InChI=1S/C11H9F3N4S2/c12-11(13,14)20-8-4-2-1-3-7(8)5-16-18-10-17-9(15)6-19-10/h1-6H,15H2,(H,17,18). The molecule has 0 radical (unpaired) electrons. The van der Waals surface area contributed by atoms with Gasteiger partial charge in [0.15, 0.2) is 0 Å². The molecule has 1 aromatic carbocycles. The summed E-state index contributed by atoms with van der Waals surface area (Å²) in [7, 11) is 0. The minimum Gasteiger partial charge on any atom is -0.383 e. The highest BCUT2D eigenvalue weighted by Gasteiger charge is 2.29. The number of alkyl halides is 3. The molecular formula is C11H9F3N4S2. The maximum absolute atomic E-state index is 12.4. The van der Waals surface area contributed by atoms with E-state index >= 15 is 0 Å². The number of nitrogens with two attached hydrogens (primary N) is 1. The number of aromatic nitrogens is 1. The van der Waals surface area contributed by atoms with Crippen molar-refractivity contribution in [3.05, 3.63) is 35.2 Å². The van der Waals surface area contributed by atoms with Gasteiger partial charge >= 0.3 is 5.51 Å². The molecule has 0 aliphatic carbocycles. The summed E-state index contributed by atoms with van der Waals surface area (Å²) >= 11 is 1.08. The van der Waals surface area contributed by atoms with Gasteiger partial charge in [0.25, 0.3) is 0 Å². The first-order valence-electron chi connectivity index (χ1n) is 5.29. The zero-order valence-electron chi connectivity index (χ0n) is 9.89. The number of rotatable bonds is 4. The number of hydrogen-bond donors (Lipinski definition) is 2. The Balaban J connectivity index is 2.08. The lowest BCUT2D eigenvalue weighted by molar-refractivity contribution is -0.0328. The van der Waals surface area contributed by atoms with Crippen molar-refractivity contribution in [1.82, 2.24) is 4.98 Å². The smallest absolute Gasteiger partial charge is 0.383 e. The van der Waals surface area contributed by atoms with Crippen LogP contribution in [0.5, 0.6) is 0 Å². The molecule has 0 aliphatic rings. The van der Waals surface area contributed by atoms with Gasteiger partial charge in [-0.25, -0.2) is 4.98 Å². The van der Waals surface area contributed by atoms with Crippen molar-refractivity contribution >= 4 is 40.3 Å². The number of nitrogen functional groups attached to an aromatic ring is 1. The van der Waals surface area contributed by atoms with Crippen LogP contribution in [0.3, 0.4) is 0 Å². The number of anilines is 2. The van der Waals surface area contributed by atoms with Gasteiger partial charge in [0.05, 0.1) is 6.21 Å². The highest BCUT2D eigenvalue weighted by molar-refractivity contribution is 8.00. The first-order valence-corrected chi connectivity index (χ1v) is 6.98. The maximum Gasteiger partial charge on any atom is 0.446 e. The van der Waals surface area contributed by atoms with Crippen LogP contribution in [0.4, 0.5) is 24.1 Å². The van der Waals surface area contributed by atoms with Crippen molar-refractivity contribution in [1.29, 1.82) is 0 Å². The van der Waals surface area contributed by atoms with Gasteiger partial charge in [-0.2, -0.15) is 18.3 Å². The summed E-state index contributed by atoms with van der Waals surface area (Å²) in [4.78, 5) is 4.00. The average Bonchev–Trinajstić information content (AvgIpc) is 2.75. The van der Waals surface area contributed by atoms with Gasteiger partial charge in [0, 0.05) is 15.8 Å². The van der Waals surface area contributed by atoms with E-state index in [1.54, 1.807) is 23.6 Å². The predicted octanol–water partition coefficient (Wildman–Crippen LogP) is 3.78. The van der Waals surface area contributed by atoms with Crippen LogP contribution in [-0.2, 0) is 0 Å². The van der Waals surface area contributed by atoms with Gasteiger partial charge in [0.1, 0.15) is 5.82 Å². The zero-order valence-corrected chi connectivity index (χ0v) is 11.5. The van der Waals surface area contributed by atoms with E-state index in [2.05, 4.69) is 15.5 Å². The van der Waals surface area contributed by atoms with Gasteiger partial charge in [-0.15, -0.1) is 11.3 Å². The molecule has 0 unspecified atom stereocenters. The van der Waals surface area contributed by atoms with Crippen molar-refractivity contribution < 1.29 is 13.2 Å². The van der Waals surface area contributed by atoms with Crippen LogP contribution in [0.1, 0.15) is 5.56 Å². The fourth-order valence-corrected chi connectivity index (χ4v) is 2.48. The minimum absolute atomic E-state index is 0.0872. The molecule has 2 aromatic rings. The Bertz CT molecular complexity index is 610. The Morgan fingerprint density at radius 2 is 2.10 bits per heavy atom. The lowest BCUT2D eigenvalue weighted by Crippen LogP contribution is -2.01. The van der Waals surface area contributed by atoms with E-state index in [1.807, 2.05) is 0 Å². The average molecular weight is 318 g/mol. The summed E-state index contributed by atoms with van der Waals surface area (Å²) in [6.45, 7) is 0. The minimum atomic E-state index is -4.33. The van der Waals surface area contributed by atoms with Gasteiger partial charge in [0.2, 0.25) is 5.13 Å². The molecule has 3 N–H and O–H groups in total. The Kier molecular flexibility index (Phi) is 4.50. The van der Waals surface area contributed by atoms with Gasteiger partial charge in [-0.3, -0.25) is 5.43 Å². The number of nitrogens with one attached hydrogen (secondary N) is 1. The molecule has 20 heavy (non-hydrogen) atoms. The molecule has 1 heterocycles. The third-order valence-electron chi connectivity index (χ3n) is 2.03. The Labute approximate surface area is 120 Å². The highest BCUT2D eigenvalue weighted by atomic mass is 32.2. The molecule has 0 spiro atoms. The summed E-state index contributed by atoms with van der Waals surface area (Å²) in [5.74, 6) is 0.362. The molecule has 0 fully saturated rings. The van der Waals surface area contributed by atoms with Crippen LogP contribution >= 0.6 is 23.1 Å². The molecule has 0 amide bonds. The molecule has 106 valence electrons. The molecule has 1 aromatic heterocycles. The fraction of sp³-hybridized carbons (Fsp3) is 0.0909. The summed E-state index contributed by atoms with van der Waals surface area (Å²) < 4.78 is 37.2. The van der Waals surface area contributed by atoms with Crippen LogP contribution in [-0.4, -0.2) is 16.7 Å². The van der Waals surface area contributed by atoms with Crippen molar-refractivity contribution in [2.24, 2.45) is 5.10 Å². The Hall–Kier alpha value is -1.74. The van der Waals surface area contributed by atoms with Crippen LogP contribution in [0.2, 0.25) is 0 Å². The van der Waals surface area contributed by atoms with Gasteiger partial charge < -0.3 is 5.73 Å². The topological polar surface area (TPSA) is 63.3 Å². The molecule has 2 rings (SSSR count). The SMILES string of the molecule is Nc1csc(NN=Cc2ccccc2SC(F)(F)F)n1. The number of thioether (sulfide) groups is 1. The van der Waals surface area contributed by atoms with Crippen molar-refractivity contribution in [2.75, 3.05) is 11.2 Å². The van der Waals surface area contributed by atoms with Crippen LogP contribution < -0.4 is 11.2 Å². The molecule has 9 heteroatoms. The summed E-state index contributed by atoms with van der Waals surface area (Å²) in [6, 6.07) is 6.12. The number of hydrogen-bond acceptors (Lipinski definition) is 6. The van der Waals surface area contributed by atoms with Crippen molar-refractivity contribution in [3.63, 3.8) is 0 Å².